The molecule has 0 bridgehead atoms. The van der Waals surface area contributed by atoms with Gasteiger partial charge in [-0.05, 0) is 38.5 Å². The molecule has 0 saturated heterocycles. The molecule has 1 unspecified atom stereocenters. The Hall–Kier alpha value is -0.740. The monoisotopic (exact) mass is 724 g/mol. The van der Waals surface area contributed by atoms with E-state index in [9.17, 15) is 0 Å². The van der Waals surface area contributed by atoms with Gasteiger partial charge < -0.3 is 58.2 Å². The van der Waals surface area contributed by atoms with Crippen LogP contribution in [0, 0.1) is 0 Å². The lowest BCUT2D eigenvalue weighted by Crippen LogP contribution is -2.25. The summed E-state index contributed by atoms with van der Waals surface area (Å²) in [6.45, 7) is 11.8. The zero-order valence-corrected chi connectivity index (χ0v) is 31.9. The molecule has 300 valence electrons. The van der Waals surface area contributed by atoms with E-state index in [1.54, 1.807) is 0 Å². The fourth-order valence-corrected chi connectivity index (χ4v) is 4.68. The number of hydrogen-bond acceptors (Lipinski definition) is 12. The van der Waals surface area contributed by atoms with Crippen LogP contribution < -0.4 is 5.73 Å². The fourth-order valence-electron chi connectivity index (χ4n) is 4.68. The third-order valence-corrected chi connectivity index (χ3v) is 7.52. The van der Waals surface area contributed by atoms with E-state index in [1.165, 1.54) is 77.0 Å². The molecule has 0 heterocycles. The largest absolute Gasteiger partial charge is 0.394 e. The number of ether oxygens (including phenoxy) is 10. The molecule has 0 saturated carbocycles. The lowest BCUT2D eigenvalue weighted by molar-refractivity contribution is -0.0300. The van der Waals surface area contributed by atoms with Crippen LogP contribution in [0.25, 0.3) is 0 Å². The maximum Gasteiger partial charge on any atom is 0.105 e. The lowest BCUT2D eigenvalue weighted by Gasteiger charge is -2.13. The van der Waals surface area contributed by atoms with Crippen LogP contribution in [0.5, 0.6) is 0 Å². The highest BCUT2D eigenvalue weighted by molar-refractivity contribution is 4.81. The second-order valence-corrected chi connectivity index (χ2v) is 12.0. The molecule has 0 aliphatic rings. The van der Waals surface area contributed by atoms with Crippen LogP contribution in [0.2, 0.25) is 0 Å². The first-order chi connectivity index (χ1) is 24.8. The van der Waals surface area contributed by atoms with Crippen molar-refractivity contribution in [2.75, 3.05) is 132 Å². The lowest BCUT2D eigenvalue weighted by atomic mass is 10.1. The number of hydrogen-bond donors (Lipinski definition) is 2. The van der Waals surface area contributed by atoms with E-state index < -0.39 is 0 Å². The summed E-state index contributed by atoms with van der Waals surface area (Å²) in [7, 11) is 0. The Morgan fingerprint density at radius 1 is 0.400 bits per heavy atom. The van der Waals surface area contributed by atoms with Gasteiger partial charge in [-0.25, -0.2) is 0 Å². The molecule has 0 radical (unpaired) electrons. The standard InChI is InChI=1S/C38H77NO11/c1-2-3-4-5-6-7-8-9-10-11-12-13-14-15-16-17-38(39)50-37-36-49-35-34-48-33-32-47-31-30-46-29-28-45-27-26-44-25-24-43-23-22-42-21-20-41-19-18-40/h9-10,38,40H,2-8,11-37,39H2,1H3/b10-9-. The van der Waals surface area contributed by atoms with Gasteiger partial charge in [0.15, 0.2) is 0 Å². The van der Waals surface area contributed by atoms with Crippen molar-refractivity contribution in [3.63, 3.8) is 0 Å². The summed E-state index contributed by atoms with van der Waals surface area (Å²) >= 11 is 0. The zero-order valence-electron chi connectivity index (χ0n) is 31.9. The molecule has 50 heavy (non-hydrogen) atoms. The number of aliphatic hydroxyl groups excluding tert-OH is 1. The first-order valence-corrected chi connectivity index (χ1v) is 19.6. The Morgan fingerprint density at radius 3 is 1.06 bits per heavy atom. The predicted octanol–water partition coefficient (Wildman–Crippen LogP) is 5.47. The Balaban J connectivity index is 3.15. The molecule has 0 aromatic rings. The van der Waals surface area contributed by atoms with E-state index in [0.717, 1.165) is 12.8 Å². The van der Waals surface area contributed by atoms with Crippen LogP contribution in [0.15, 0.2) is 12.2 Å². The second kappa shape index (κ2) is 46.3. The molecule has 0 aliphatic carbocycles. The number of nitrogens with two attached hydrogens (primary N) is 1. The minimum atomic E-state index is -0.210. The van der Waals surface area contributed by atoms with Gasteiger partial charge in [-0.1, -0.05) is 70.4 Å². The van der Waals surface area contributed by atoms with Crippen LogP contribution in [0.1, 0.15) is 96.8 Å². The van der Waals surface area contributed by atoms with Crippen LogP contribution >= 0.6 is 0 Å². The van der Waals surface area contributed by atoms with Crippen molar-refractivity contribution in [2.24, 2.45) is 5.73 Å². The van der Waals surface area contributed by atoms with Crippen LogP contribution in [-0.4, -0.2) is 143 Å². The molecule has 3 N–H and O–H groups in total. The van der Waals surface area contributed by atoms with Crippen LogP contribution in [-0.2, 0) is 47.4 Å². The zero-order chi connectivity index (χ0) is 36.1. The average Bonchev–Trinajstić information content (AvgIpc) is 3.12. The molecule has 0 rings (SSSR count). The second-order valence-electron chi connectivity index (χ2n) is 12.0. The smallest absolute Gasteiger partial charge is 0.105 e. The van der Waals surface area contributed by atoms with E-state index >= 15 is 0 Å². The van der Waals surface area contributed by atoms with Crippen molar-refractivity contribution in [3.05, 3.63) is 12.2 Å². The molecule has 1 atom stereocenters. The number of aliphatic hydroxyl groups is 1. The van der Waals surface area contributed by atoms with Crippen molar-refractivity contribution in [1.29, 1.82) is 0 Å². The van der Waals surface area contributed by atoms with Gasteiger partial charge in [-0.15, -0.1) is 0 Å². The molecule has 0 aromatic heterocycles. The van der Waals surface area contributed by atoms with Gasteiger partial charge in [-0.3, -0.25) is 0 Å². The van der Waals surface area contributed by atoms with Gasteiger partial charge in [-0.2, -0.15) is 0 Å². The first kappa shape index (κ1) is 49.3. The predicted molar refractivity (Wildman–Crippen MR) is 198 cm³/mol. The van der Waals surface area contributed by atoms with Crippen molar-refractivity contribution in [1.82, 2.24) is 0 Å². The quantitative estimate of drug-likeness (QED) is 0.0468. The van der Waals surface area contributed by atoms with Gasteiger partial charge >= 0.3 is 0 Å². The Labute approximate surface area is 305 Å². The molecule has 12 nitrogen and oxygen atoms in total. The van der Waals surface area contributed by atoms with Gasteiger partial charge in [0.25, 0.3) is 0 Å². The normalized spacial score (nSPS) is 12.5. The van der Waals surface area contributed by atoms with Crippen molar-refractivity contribution in [2.45, 2.75) is 103 Å². The molecule has 0 aromatic carbocycles. The Kier molecular flexibility index (Phi) is 45.6. The Bertz CT molecular complexity index is 634. The maximum absolute atomic E-state index is 8.59. The maximum atomic E-state index is 8.59. The van der Waals surface area contributed by atoms with E-state index in [2.05, 4.69) is 19.1 Å². The third-order valence-electron chi connectivity index (χ3n) is 7.52. The van der Waals surface area contributed by atoms with E-state index in [-0.39, 0.29) is 12.8 Å². The highest BCUT2D eigenvalue weighted by Gasteiger charge is 2.02. The summed E-state index contributed by atoms with van der Waals surface area (Å²) < 4.78 is 54.5. The number of allylic oxidation sites excluding steroid dienone is 2. The summed E-state index contributed by atoms with van der Waals surface area (Å²) in [6, 6.07) is 0. The highest BCUT2D eigenvalue weighted by atomic mass is 16.6. The van der Waals surface area contributed by atoms with E-state index in [0.29, 0.717) is 126 Å². The minimum Gasteiger partial charge on any atom is -0.394 e. The summed E-state index contributed by atoms with van der Waals surface area (Å²) in [6.07, 6.45) is 22.3. The molecule has 12 heteroatoms. The van der Waals surface area contributed by atoms with Gasteiger partial charge in [0, 0.05) is 0 Å². The summed E-state index contributed by atoms with van der Waals surface area (Å²) in [4.78, 5) is 0. The minimum absolute atomic E-state index is 0.0275. The molecular formula is C38H77NO11. The first-order valence-electron chi connectivity index (χ1n) is 19.6. The SMILES string of the molecule is CCCCCCCC/C=C\CCCCCCCC(N)OCCOCCOCCOCCOCCOCCOCCOCCOCCOCCO. The van der Waals surface area contributed by atoms with Gasteiger partial charge in [0.1, 0.15) is 6.23 Å². The van der Waals surface area contributed by atoms with Crippen LogP contribution in [0.3, 0.4) is 0 Å². The van der Waals surface area contributed by atoms with E-state index in [1.807, 2.05) is 0 Å². The molecule has 0 spiro atoms. The summed E-state index contributed by atoms with van der Waals surface area (Å²) in [5.74, 6) is 0. The Morgan fingerprint density at radius 2 is 0.700 bits per heavy atom. The van der Waals surface area contributed by atoms with Crippen molar-refractivity contribution < 1.29 is 52.5 Å². The molecule has 0 aliphatic heterocycles. The summed E-state index contributed by atoms with van der Waals surface area (Å²) in [5.41, 5.74) is 6.08. The number of rotatable bonds is 45. The average molecular weight is 724 g/mol. The molecular weight excluding hydrogens is 646 g/mol. The topological polar surface area (TPSA) is 139 Å². The van der Waals surface area contributed by atoms with Gasteiger partial charge in [0.2, 0.25) is 0 Å². The molecule has 0 amide bonds. The van der Waals surface area contributed by atoms with Crippen LogP contribution in [0.4, 0.5) is 0 Å². The van der Waals surface area contributed by atoms with Gasteiger partial charge in [0.05, 0.1) is 132 Å². The van der Waals surface area contributed by atoms with E-state index in [4.69, 9.17) is 58.2 Å². The van der Waals surface area contributed by atoms with Crippen molar-refractivity contribution >= 4 is 0 Å². The fraction of sp³-hybridized carbons (Fsp3) is 0.947. The van der Waals surface area contributed by atoms with Crippen molar-refractivity contribution in [3.8, 4) is 0 Å². The highest BCUT2D eigenvalue weighted by Crippen LogP contribution is 2.10. The third kappa shape index (κ3) is 45.3. The summed E-state index contributed by atoms with van der Waals surface area (Å²) in [5, 5.41) is 8.59. The molecule has 0 fully saturated rings. The number of unbranched alkanes of at least 4 members (excludes halogenated alkanes) is 11.